The van der Waals surface area contributed by atoms with E-state index in [2.05, 4.69) is 21.0 Å². The van der Waals surface area contributed by atoms with E-state index in [0.717, 1.165) is 66.6 Å². The van der Waals surface area contributed by atoms with Crippen molar-refractivity contribution in [2.75, 3.05) is 18.8 Å². The molecule has 3 aromatic rings. The van der Waals surface area contributed by atoms with Crippen molar-refractivity contribution < 1.29 is 9.53 Å². The molecule has 0 spiro atoms. The Morgan fingerprint density at radius 3 is 2.62 bits per heavy atom. The van der Waals surface area contributed by atoms with Crippen LogP contribution in [0.2, 0.25) is 0 Å². The summed E-state index contributed by atoms with van der Waals surface area (Å²) in [7, 11) is 0. The van der Waals surface area contributed by atoms with Gasteiger partial charge in [-0.15, -0.1) is 0 Å². The third-order valence-electron chi connectivity index (χ3n) is 7.84. The largest absolute Gasteiger partial charge is 0.490 e. The molecule has 39 heavy (non-hydrogen) atoms. The van der Waals surface area contributed by atoms with Crippen molar-refractivity contribution in [3.63, 3.8) is 0 Å². The summed E-state index contributed by atoms with van der Waals surface area (Å²) in [5, 5.41) is 10.5. The minimum Gasteiger partial charge on any atom is -0.490 e. The van der Waals surface area contributed by atoms with E-state index in [9.17, 15) is 10.1 Å². The maximum atomic E-state index is 13.0. The number of benzene rings is 1. The molecule has 8 heteroatoms. The van der Waals surface area contributed by atoms with Crippen LogP contribution in [0.5, 0.6) is 5.75 Å². The number of amides is 1. The first-order valence-corrected chi connectivity index (χ1v) is 14.0. The van der Waals surface area contributed by atoms with E-state index >= 15 is 0 Å². The predicted octanol–water partition coefficient (Wildman–Crippen LogP) is 5.53. The Balaban J connectivity index is 1.29. The number of nitriles is 1. The maximum absolute atomic E-state index is 13.0. The number of nitrogens with two attached hydrogens (primary N) is 1. The van der Waals surface area contributed by atoms with Crippen molar-refractivity contribution in [1.29, 1.82) is 5.26 Å². The highest BCUT2D eigenvalue weighted by Crippen LogP contribution is 2.40. The van der Waals surface area contributed by atoms with E-state index < -0.39 is 0 Å². The Morgan fingerprint density at radius 1 is 1.18 bits per heavy atom. The van der Waals surface area contributed by atoms with E-state index in [0.29, 0.717) is 24.8 Å². The zero-order valence-corrected chi connectivity index (χ0v) is 23.1. The number of para-hydroxylation sites is 1. The van der Waals surface area contributed by atoms with Gasteiger partial charge in [-0.2, -0.15) is 5.26 Å². The lowest BCUT2D eigenvalue weighted by Gasteiger charge is -2.29. The van der Waals surface area contributed by atoms with Gasteiger partial charge in [0.25, 0.3) is 5.91 Å². The van der Waals surface area contributed by atoms with Crippen LogP contribution in [0.15, 0.2) is 48.3 Å². The van der Waals surface area contributed by atoms with E-state index in [4.69, 9.17) is 10.5 Å². The van der Waals surface area contributed by atoms with Gasteiger partial charge in [-0.1, -0.05) is 45.0 Å². The Kier molecular flexibility index (Phi) is 7.60. The zero-order valence-electron chi connectivity index (χ0n) is 23.1. The molecule has 1 aliphatic carbocycles. The van der Waals surface area contributed by atoms with Gasteiger partial charge >= 0.3 is 0 Å². The van der Waals surface area contributed by atoms with E-state index in [1.54, 1.807) is 6.08 Å². The summed E-state index contributed by atoms with van der Waals surface area (Å²) >= 11 is 0. The summed E-state index contributed by atoms with van der Waals surface area (Å²) in [5.41, 5.74) is 9.45. The predicted molar refractivity (Wildman–Crippen MR) is 152 cm³/mol. The van der Waals surface area contributed by atoms with Gasteiger partial charge in [-0.25, -0.2) is 9.97 Å². The molecule has 2 fully saturated rings. The summed E-state index contributed by atoms with van der Waals surface area (Å²) in [4.78, 5) is 27.5. The van der Waals surface area contributed by atoms with Gasteiger partial charge in [-0.05, 0) is 62.0 Å². The van der Waals surface area contributed by atoms with Crippen LogP contribution in [0, 0.1) is 22.7 Å². The molecule has 1 aromatic carbocycles. The van der Waals surface area contributed by atoms with Crippen LogP contribution in [0.4, 0.5) is 5.82 Å². The molecule has 1 atom stereocenters. The van der Waals surface area contributed by atoms with Crippen molar-refractivity contribution in [2.24, 2.45) is 11.3 Å². The molecule has 5 rings (SSSR count). The molecule has 1 saturated carbocycles. The number of nitrogens with zero attached hydrogens (tertiary/aromatic N) is 4. The van der Waals surface area contributed by atoms with Crippen LogP contribution in [0.1, 0.15) is 70.2 Å². The summed E-state index contributed by atoms with van der Waals surface area (Å²) in [6.45, 7) is 7.26. The molecular weight excluding hydrogens is 488 g/mol. The molecule has 1 amide bonds. The number of allylic oxidation sites excluding steroid dienone is 1. The number of rotatable bonds is 6. The number of H-pyrrole nitrogens is 1. The second kappa shape index (κ2) is 11.1. The molecule has 0 radical (unpaired) electrons. The summed E-state index contributed by atoms with van der Waals surface area (Å²) in [6, 6.07) is 12.1. The molecule has 1 unspecified atom stereocenters. The van der Waals surface area contributed by atoms with Gasteiger partial charge in [0, 0.05) is 30.4 Å². The third kappa shape index (κ3) is 6.08. The number of carbonyl (C=O) groups excluding carboxylic acids is 1. The summed E-state index contributed by atoms with van der Waals surface area (Å²) in [5.74, 6) is 1.88. The number of aromatic nitrogens is 3. The van der Waals surface area contributed by atoms with Gasteiger partial charge in [-0.3, -0.25) is 4.79 Å². The van der Waals surface area contributed by atoms with Gasteiger partial charge < -0.3 is 20.4 Å². The first kappa shape index (κ1) is 26.7. The van der Waals surface area contributed by atoms with E-state index in [1.165, 1.54) is 6.33 Å². The van der Waals surface area contributed by atoms with Crippen LogP contribution in [0.25, 0.3) is 10.9 Å². The fraction of sp³-hybridized carbons (Fsp3) is 0.484. The number of anilines is 1. The van der Waals surface area contributed by atoms with Gasteiger partial charge in [0.2, 0.25) is 0 Å². The van der Waals surface area contributed by atoms with Crippen molar-refractivity contribution in [1.82, 2.24) is 19.9 Å². The molecular formula is C31H38N6O2. The first-order chi connectivity index (χ1) is 18.7. The lowest BCUT2D eigenvalue weighted by Crippen LogP contribution is -2.30. The second-order valence-corrected chi connectivity index (χ2v) is 12.1. The highest BCUT2D eigenvalue weighted by molar-refractivity contribution is 5.97. The number of hydrogen-bond acceptors (Lipinski definition) is 6. The summed E-state index contributed by atoms with van der Waals surface area (Å²) in [6.07, 6.45) is 9.14. The Hall–Kier alpha value is -3.86. The Morgan fingerprint density at radius 2 is 1.92 bits per heavy atom. The van der Waals surface area contributed by atoms with Crippen molar-refractivity contribution in [3.05, 3.63) is 59.7 Å². The minimum atomic E-state index is -0.230. The molecule has 3 heterocycles. The highest BCUT2D eigenvalue weighted by Gasteiger charge is 2.32. The normalized spacial score (nSPS) is 22.2. The SMILES string of the molecule is CC(C)(C)/C=C(\C#N)C(=O)N1CCC(Cc2[nH]c(C3CCC(Oc4ccccc4)CC3)c3c(N)ncnc23)C1. The van der Waals surface area contributed by atoms with Crippen LogP contribution in [0.3, 0.4) is 0 Å². The highest BCUT2D eigenvalue weighted by atomic mass is 16.5. The van der Waals surface area contributed by atoms with Crippen molar-refractivity contribution >= 4 is 22.6 Å². The lowest BCUT2D eigenvalue weighted by atomic mass is 9.84. The fourth-order valence-electron chi connectivity index (χ4n) is 6.01. The molecule has 204 valence electrons. The standard InChI is InChI=1S/C31H38N6O2/c1-31(2,3)16-22(17-32)30(38)37-14-13-20(18-37)15-25-28-26(29(33)35-19-34-28)27(36-25)21-9-11-24(12-10-21)39-23-7-5-4-6-8-23/h4-8,16,19-21,24,36H,9-15,18H2,1-3H3,(H2,33,34,35)/b22-16+. The van der Waals surface area contributed by atoms with Gasteiger partial charge in [0.15, 0.2) is 0 Å². The number of nitrogen functional groups attached to an aromatic ring is 1. The average Bonchev–Trinajstić information content (AvgIpc) is 3.53. The first-order valence-electron chi connectivity index (χ1n) is 14.0. The van der Waals surface area contributed by atoms with E-state index in [1.807, 2.05) is 56.0 Å². The van der Waals surface area contributed by atoms with E-state index in [-0.39, 0.29) is 28.9 Å². The number of ether oxygens (including phenoxy) is 1. The van der Waals surface area contributed by atoms with Crippen LogP contribution < -0.4 is 10.5 Å². The van der Waals surface area contributed by atoms with Crippen LogP contribution >= 0.6 is 0 Å². The number of fused-ring (bicyclic) bond motifs is 1. The smallest absolute Gasteiger partial charge is 0.264 e. The third-order valence-corrected chi connectivity index (χ3v) is 7.84. The second-order valence-electron chi connectivity index (χ2n) is 12.1. The maximum Gasteiger partial charge on any atom is 0.264 e. The molecule has 1 saturated heterocycles. The number of aromatic amines is 1. The average molecular weight is 527 g/mol. The van der Waals surface area contributed by atoms with Crippen molar-refractivity contribution in [3.8, 4) is 11.8 Å². The van der Waals surface area contributed by atoms with Crippen molar-refractivity contribution in [2.45, 2.75) is 71.3 Å². The van der Waals surface area contributed by atoms with Crippen LogP contribution in [-0.2, 0) is 11.2 Å². The quantitative estimate of drug-likeness (QED) is 0.322. The molecule has 0 bridgehead atoms. The number of hydrogen-bond donors (Lipinski definition) is 2. The summed E-state index contributed by atoms with van der Waals surface area (Å²) < 4.78 is 6.21. The molecule has 8 nitrogen and oxygen atoms in total. The zero-order chi connectivity index (χ0) is 27.6. The van der Waals surface area contributed by atoms with Crippen LogP contribution in [-0.4, -0.2) is 45.0 Å². The monoisotopic (exact) mass is 526 g/mol. The number of nitrogens with one attached hydrogen (secondary N) is 1. The Bertz CT molecular complexity index is 1390. The topological polar surface area (TPSA) is 121 Å². The fourth-order valence-corrected chi connectivity index (χ4v) is 6.01. The number of likely N-dealkylation sites (tertiary alicyclic amines) is 1. The molecule has 1 aliphatic heterocycles. The molecule has 3 N–H and O–H groups in total. The minimum absolute atomic E-state index is 0.173. The number of carbonyl (C=O) groups is 1. The Labute approximate surface area is 230 Å². The molecule has 2 aliphatic rings. The van der Waals surface area contributed by atoms with Gasteiger partial charge in [0.1, 0.15) is 29.5 Å². The molecule has 2 aromatic heterocycles. The van der Waals surface area contributed by atoms with Gasteiger partial charge in [0.05, 0.1) is 17.0 Å². The lowest BCUT2D eigenvalue weighted by molar-refractivity contribution is -0.125.